The van der Waals surface area contributed by atoms with Crippen molar-refractivity contribution in [2.75, 3.05) is 4.72 Å². The molecule has 0 bridgehead atoms. The standard InChI is InChI=1S/C10H10N4O4S/c1-6-9(5-12-13-6)19(17,18)14-7-2-3-11-8(4-7)10(15)16/h2-5H,1H3,(H,11,14)(H,12,13)(H,15,16). The molecule has 2 aromatic rings. The maximum Gasteiger partial charge on any atom is 0.354 e. The molecule has 0 aliphatic rings. The first-order valence-electron chi connectivity index (χ1n) is 5.12. The minimum atomic E-state index is -3.81. The van der Waals surface area contributed by atoms with Crippen LogP contribution in [0.5, 0.6) is 0 Å². The highest BCUT2D eigenvalue weighted by Gasteiger charge is 2.19. The molecule has 0 radical (unpaired) electrons. The van der Waals surface area contributed by atoms with Crippen molar-refractivity contribution in [3.05, 3.63) is 35.9 Å². The van der Waals surface area contributed by atoms with Crippen molar-refractivity contribution in [1.29, 1.82) is 0 Å². The smallest absolute Gasteiger partial charge is 0.354 e. The highest BCUT2D eigenvalue weighted by molar-refractivity contribution is 7.92. The van der Waals surface area contributed by atoms with Gasteiger partial charge in [0.25, 0.3) is 10.0 Å². The number of aromatic nitrogens is 3. The van der Waals surface area contributed by atoms with Gasteiger partial charge in [0, 0.05) is 6.20 Å². The Morgan fingerprint density at radius 1 is 1.47 bits per heavy atom. The van der Waals surface area contributed by atoms with E-state index in [0.717, 1.165) is 6.07 Å². The lowest BCUT2D eigenvalue weighted by atomic mass is 10.3. The molecule has 8 nitrogen and oxygen atoms in total. The van der Waals surface area contributed by atoms with Crippen molar-refractivity contribution in [3.8, 4) is 0 Å². The summed E-state index contributed by atoms with van der Waals surface area (Å²) < 4.78 is 26.3. The van der Waals surface area contributed by atoms with E-state index >= 15 is 0 Å². The van der Waals surface area contributed by atoms with Crippen LogP contribution in [0.25, 0.3) is 0 Å². The number of anilines is 1. The first-order chi connectivity index (χ1) is 8.90. The number of nitrogens with one attached hydrogen (secondary N) is 2. The zero-order chi connectivity index (χ0) is 14.0. The molecule has 3 N–H and O–H groups in total. The van der Waals surface area contributed by atoms with Gasteiger partial charge in [-0.15, -0.1) is 0 Å². The van der Waals surface area contributed by atoms with Gasteiger partial charge in [-0.2, -0.15) is 5.10 Å². The topological polar surface area (TPSA) is 125 Å². The predicted molar refractivity (Wildman–Crippen MR) is 65.3 cm³/mol. The van der Waals surface area contributed by atoms with Gasteiger partial charge in [-0.25, -0.2) is 18.2 Å². The first-order valence-corrected chi connectivity index (χ1v) is 6.60. The van der Waals surface area contributed by atoms with Gasteiger partial charge in [0.15, 0.2) is 0 Å². The second-order valence-corrected chi connectivity index (χ2v) is 5.35. The van der Waals surface area contributed by atoms with E-state index in [1.807, 2.05) is 0 Å². The third-order valence-corrected chi connectivity index (χ3v) is 3.80. The van der Waals surface area contributed by atoms with Crippen molar-refractivity contribution in [2.45, 2.75) is 11.8 Å². The van der Waals surface area contributed by atoms with Crippen LogP contribution in [0.4, 0.5) is 5.69 Å². The Hall–Kier alpha value is -2.42. The van der Waals surface area contributed by atoms with E-state index < -0.39 is 16.0 Å². The Labute approximate surface area is 108 Å². The Morgan fingerprint density at radius 3 is 2.79 bits per heavy atom. The van der Waals surface area contributed by atoms with Crippen LogP contribution in [0, 0.1) is 6.92 Å². The summed E-state index contributed by atoms with van der Waals surface area (Å²) in [4.78, 5) is 14.3. The molecule has 0 saturated heterocycles. The highest BCUT2D eigenvalue weighted by Crippen LogP contribution is 2.17. The minimum Gasteiger partial charge on any atom is -0.477 e. The SMILES string of the molecule is Cc1[nH]ncc1S(=O)(=O)Nc1ccnc(C(=O)O)c1. The Balaban J connectivity index is 2.34. The quantitative estimate of drug-likeness (QED) is 0.754. The van der Waals surface area contributed by atoms with E-state index in [1.54, 1.807) is 6.92 Å². The van der Waals surface area contributed by atoms with Crippen LogP contribution in [-0.2, 0) is 10.0 Å². The van der Waals surface area contributed by atoms with Crippen LogP contribution in [0.3, 0.4) is 0 Å². The second-order valence-electron chi connectivity index (χ2n) is 3.70. The molecular weight excluding hydrogens is 272 g/mol. The van der Waals surface area contributed by atoms with Crippen LogP contribution >= 0.6 is 0 Å². The summed E-state index contributed by atoms with van der Waals surface area (Å²) in [5.41, 5.74) is 0.261. The van der Waals surface area contributed by atoms with Gasteiger partial charge in [-0.05, 0) is 19.1 Å². The van der Waals surface area contributed by atoms with Gasteiger partial charge in [0.05, 0.1) is 17.6 Å². The molecule has 19 heavy (non-hydrogen) atoms. The number of aromatic carboxylic acids is 1. The molecule has 0 atom stereocenters. The Bertz CT molecular complexity index is 723. The van der Waals surface area contributed by atoms with E-state index in [-0.39, 0.29) is 16.3 Å². The molecule has 0 unspecified atom stereocenters. The molecule has 0 spiro atoms. The van der Waals surface area contributed by atoms with Gasteiger partial charge in [-0.3, -0.25) is 9.82 Å². The number of carbonyl (C=O) groups is 1. The largest absolute Gasteiger partial charge is 0.477 e. The maximum atomic E-state index is 12.0. The van der Waals surface area contributed by atoms with Crippen molar-refractivity contribution in [2.24, 2.45) is 0 Å². The minimum absolute atomic E-state index is 0.00110. The number of hydrogen-bond donors (Lipinski definition) is 3. The van der Waals surface area contributed by atoms with Crippen LogP contribution in [0.2, 0.25) is 0 Å². The van der Waals surface area contributed by atoms with Crippen LogP contribution in [-0.4, -0.2) is 34.7 Å². The monoisotopic (exact) mass is 282 g/mol. The summed E-state index contributed by atoms with van der Waals surface area (Å²) >= 11 is 0. The molecule has 0 aromatic carbocycles. The summed E-state index contributed by atoms with van der Waals surface area (Å²) in [6, 6.07) is 2.49. The van der Waals surface area contributed by atoms with Crippen molar-refractivity contribution in [1.82, 2.24) is 15.2 Å². The molecular formula is C10H10N4O4S. The molecule has 0 aliphatic carbocycles. The lowest BCUT2D eigenvalue weighted by molar-refractivity contribution is 0.0690. The number of carboxylic acid groups (broad SMARTS) is 1. The van der Waals surface area contributed by atoms with Crippen molar-refractivity contribution >= 4 is 21.7 Å². The Morgan fingerprint density at radius 2 is 2.21 bits per heavy atom. The molecule has 0 fully saturated rings. The average Bonchev–Trinajstić information content (AvgIpc) is 2.76. The normalized spacial score (nSPS) is 11.2. The number of nitrogens with zero attached hydrogens (tertiary/aromatic N) is 2. The van der Waals surface area contributed by atoms with E-state index in [0.29, 0.717) is 5.69 Å². The van der Waals surface area contributed by atoms with Crippen LogP contribution in [0.1, 0.15) is 16.2 Å². The fourth-order valence-corrected chi connectivity index (χ4v) is 2.62. The summed E-state index contributed by atoms with van der Waals surface area (Å²) in [5.74, 6) is -1.24. The first kappa shape index (κ1) is 13.0. The lowest BCUT2D eigenvalue weighted by Crippen LogP contribution is -2.14. The molecule has 9 heteroatoms. The number of pyridine rings is 1. The van der Waals surface area contributed by atoms with E-state index in [9.17, 15) is 13.2 Å². The van der Waals surface area contributed by atoms with Gasteiger partial charge in [0.2, 0.25) is 0 Å². The molecule has 0 aliphatic heterocycles. The Kier molecular flexibility index (Phi) is 3.21. The van der Waals surface area contributed by atoms with E-state index in [1.165, 1.54) is 18.5 Å². The number of rotatable bonds is 4. The molecule has 2 rings (SSSR count). The fourth-order valence-electron chi connectivity index (χ4n) is 1.43. The number of H-pyrrole nitrogens is 1. The number of aryl methyl sites for hydroxylation is 1. The fraction of sp³-hybridized carbons (Fsp3) is 0.100. The van der Waals surface area contributed by atoms with Crippen molar-refractivity contribution in [3.63, 3.8) is 0 Å². The molecule has 0 amide bonds. The van der Waals surface area contributed by atoms with Crippen molar-refractivity contribution < 1.29 is 18.3 Å². The van der Waals surface area contributed by atoms with Crippen LogP contribution < -0.4 is 4.72 Å². The maximum absolute atomic E-state index is 12.0. The van der Waals surface area contributed by atoms with Gasteiger partial charge in [-0.1, -0.05) is 0 Å². The van der Waals surface area contributed by atoms with Gasteiger partial charge >= 0.3 is 5.97 Å². The summed E-state index contributed by atoms with van der Waals surface area (Å²) in [7, 11) is -3.81. The van der Waals surface area contributed by atoms with E-state index in [4.69, 9.17) is 5.11 Å². The van der Waals surface area contributed by atoms with Gasteiger partial charge < -0.3 is 5.11 Å². The third kappa shape index (κ3) is 2.71. The van der Waals surface area contributed by atoms with E-state index in [2.05, 4.69) is 19.9 Å². The molecule has 100 valence electrons. The summed E-state index contributed by atoms with van der Waals surface area (Å²) in [6.07, 6.45) is 2.39. The number of aromatic amines is 1. The number of sulfonamides is 1. The zero-order valence-corrected chi connectivity index (χ0v) is 10.6. The van der Waals surface area contributed by atoms with Crippen LogP contribution in [0.15, 0.2) is 29.4 Å². The predicted octanol–water partition coefficient (Wildman–Crippen LogP) is 0.612. The zero-order valence-electron chi connectivity index (χ0n) is 9.78. The number of hydrogen-bond acceptors (Lipinski definition) is 5. The summed E-state index contributed by atoms with van der Waals surface area (Å²) in [6.45, 7) is 1.57. The molecule has 2 heterocycles. The second kappa shape index (κ2) is 4.69. The third-order valence-electron chi connectivity index (χ3n) is 2.30. The lowest BCUT2D eigenvalue weighted by Gasteiger charge is -2.07. The number of carboxylic acids is 1. The molecule has 0 saturated carbocycles. The van der Waals surface area contributed by atoms with Gasteiger partial charge in [0.1, 0.15) is 10.6 Å². The highest BCUT2D eigenvalue weighted by atomic mass is 32.2. The summed E-state index contributed by atoms with van der Waals surface area (Å²) in [5, 5.41) is 14.9. The molecule has 2 aromatic heterocycles. The average molecular weight is 282 g/mol.